The second-order valence-corrected chi connectivity index (χ2v) is 11.6. The fourth-order valence-corrected chi connectivity index (χ4v) is 4.86. The van der Waals surface area contributed by atoms with Crippen molar-refractivity contribution in [3.05, 3.63) is 90.1 Å². The zero-order valence-corrected chi connectivity index (χ0v) is 24.9. The topological polar surface area (TPSA) is 109 Å². The SMILES string of the molecule is COC(=O)C[C@H](C(=O)NN(Cc1ccc(-c2ccccn2)cc1)C[C@H](O)[C@@H](C[B]C=O)Cc1ccccc1)C(C)(C)C. The Hall–Kier alpha value is -3.82. The van der Waals surface area contributed by atoms with E-state index in [0.717, 1.165) is 28.6 Å². The van der Waals surface area contributed by atoms with E-state index in [9.17, 15) is 19.5 Å². The monoisotopic (exact) mass is 570 g/mol. The normalized spacial score (nSPS) is 13.6. The highest BCUT2D eigenvalue weighted by Gasteiger charge is 2.35. The molecule has 1 heterocycles. The van der Waals surface area contributed by atoms with Crippen LogP contribution in [-0.2, 0) is 32.1 Å². The average Bonchev–Trinajstić information content (AvgIpc) is 2.98. The van der Waals surface area contributed by atoms with Crippen molar-refractivity contribution in [2.45, 2.75) is 52.6 Å². The predicted octanol–water partition coefficient (Wildman–Crippen LogP) is 4.34. The summed E-state index contributed by atoms with van der Waals surface area (Å²) in [6.07, 6.45) is 2.53. The molecular formula is C33H41BN3O5. The van der Waals surface area contributed by atoms with Gasteiger partial charge in [0.1, 0.15) is 0 Å². The Labute approximate surface area is 249 Å². The number of ether oxygens (including phenoxy) is 1. The standard InChI is InChI=1S/C33H41BN3O5/c1-33(2,3)28(19-31(40)42-4)32(41)36-37(21-25-13-15-26(16-14-25)29-12-8-9-17-35-29)22-30(39)27(20-34-23-38)18-24-10-6-5-7-11-24/h5-17,23,27-28,30,39H,18-22H2,1-4H3,(H,36,41)/t27-,28-,30+/m1/s1. The van der Waals surface area contributed by atoms with Crippen molar-refractivity contribution in [3.8, 4) is 11.3 Å². The first-order valence-corrected chi connectivity index (χ1v) is 14.2. The number of amides is 1. The third-order valence-electron chi connectivity index (χ3n) is 7.34. The van der Waals surface area contributed by atoms with Crippen LogP contribution in [-0.4, -0.2) is 60.2 Å². The number of aliphatic hydroxyl groups excluding tert-OH is 1. The number of methoxy groups -OCH3 is 1. The van der Waals surface area contributed by atoms with Crippen LogP contribution in [0.5, 0.6) is 0 Å². The van der Waals surface area contributed by atoms with E-state index < -0.39 is 23.4 Å². The van der Waals surface area contributed by atoms with Gasteiger partial charge in [0, 0.05) is 24.8 Å². The number of carbonyl (C=O) groups is 3. The largest absolute Gasteiger partial charge is 0.469 e. The van der Waals surface area contributed by atoms with Gasteiger partial charge in [-0.05, 0) is 41.0 Å². The number of aliphatic hydroxyl groups is 1. The van der Waals surface area contributed by atoms with Gasteiger partial charge in [0.05, 0.1) is 37.4 Å². The number of hydrogen-bond donors (Lipinski definition) is 2. The summed E-state index contributed by atoms with van der Waals surface area (Å²) in [5.74, 6) is -1.70. The van der Waals surface area contributed by atoms with Crippen LogP contribution in [0.3, 0.4) is 0 Å². The molecule has 1 radical (unpaired) electrons. The van der Waals surface area contributed by atoms with Gasteiger partial charge in [-0.15, -0.1) is 0 Å². The Balaban J connectivity index is 1.84. The Bertz CT molecular complexity index is 1270. The van der Waals surface area contributed by atoms with Crippen molar-refractivity contribution in [1.82, 2.24) is 15.4 Å². The molecule has 1 aromatic heterocycles. The number of benzene rings is 2. The van der Waals surface area contributed by atoms with Gasteiger partial charge >= 0.3 is 5.97 Å². The summed E-state index contributed by atoms with van der Waals surface area (Å²) in [6, 6.07) is 23.4. The third-order valence-corrected chi connectivity index (χ3v) is 7.34. The van der Waals surface area contributed by atoms with E-state index in [4.69, 9.17) is 4.74 Å². The van der Waals surface area contributed by atoms with E-state index in [1.54, 1.807) is 11.2 Å². The molecule has 0 saturated heterocycles. The molecule has 221 valence electrons. The molecule has 3 rings (SSSR count). The highest BCUT2D eigenvalue weighted by molar-refractivity contribution is 6.66. The van der Waals surface area contributed by atoms with Gasteiger partial charge in [-0.3, -0.25) is 20.0 Å². The average molecular weight is 571 g/mol. The predicted molar refractivity (Wildman–Crippen MR) is 165 cm³/mol. The van der Waals surface area contributed by atoms with Crippen LogP contribution in [0.2, 0.25) is 6.32 Å². The zero-order chi connectivity index (χ0) is 30.5. The van der Waals surface area contributed by atoms with E-state index in [0.29, 0.717) is 19.3 Å². The lowest BCUT2D eigenvalue weighted by Gasteiger charge is -2.34. The number of esters is 1. The van der Waals surface area contributed by atoms with Crippen molar-refractivity contribution in [2.24, 2.45) is 17.3 Å². The fourth-order valence-electron chi connectivity index (χ4n) is 4.86. The summed E-state index contributed by atoms with van der Waals surface area (Å²) in [5.41, 5.74) is 6.27. The maximum Gasteiger partial charge on any atom is 0.306 e. The van der Waals surface area contributed by atoms with Crippen molar-refractivity contribution in [1.29, 1.82) is 0 Å². The lowest BCUT2D eigenvalue weighted by atomic mass is 9.68. The van der Waals surface area contributed by atoms with Gasteiger partial charge in [-0.1, -0.05) is 87.8 Å². The molecule has 0 saturated carbocycles. The molecule has 3 atom stereocenters. The van der Waals surface area contributed by atoms with Crippen LogP contribution >= 0.6 is 0 Å². The first-order chi connectivity index (χ1) is 20.1. The summed E-state index contributed by atoms with van der Waals surface area (Å²) >= 11 is 0. The van der Waals surface area contributed by atoms with Crippen molar-refractivity contribution in [3.63, 3.8) is 0 Å². The summed E-state index contributed by atoms with van der Waals surface area (Å²) in [4.78, 5) is 41.3. The number of hydrogen-bond acceptors (Lipinski definition) is 7. The van der Waals surface area contributed by atoms with Gasteiger partial charge in [0.25, 0.3) is 0 Å². The van der Waals surface area contributed by atoms with Crippen molar-refractivity contribution >= 4 is 25.3 Å². The number of aromatic nitrogens is 1. The Kier molecular flexibility index (Phi) is 12.4. The molecule has 1 amide bonds. The smallest absolute Gasteiger partial charge is 0.306 e. The molecule has 0 bridgehead atoms. The third kappa shape index (κ3) is 10.2. The molecule has 0 fully saturated rings. The molecule has 0 aliphatic carbocycles. The number of nitrogens with one attached hydrogen (secondary N) is 1. The maximum atomic E-state index is 13.6. The number of rotatable bonds is 15. The summed E-state index contributed by atoms with van der Waals surface area (Å²) in [5, 5.41) is 13.1. The lowest BCUT2D eigenvalue weighted by Crippen LogP contribution is -2.51. The Morgan fingerprint density at radius 2 is 1.71 bits per heavy atom. The number of hydrazine groups is 1. The highest BCUT2D eigenvalue weighted by Crippen LogP contribution is 2.30. The van der Waals surface area contributed by atoms with E-state index in [-0.39, 0.29) is 24.8 Å². The zero-order valence-electron chi connectivity index (χ0n) is 24.9. The molecule has 3 aromatic rings. The second-order valence-electron chi connectivity index (χ2n) is 11.6. The summed E-state index contributed by atoms with van der Waals surface area (Å²) in [6.45, 7) is 6.14. The second kappa shape index (κ2) is 16.0. The van der Waals surface area contributed by atoms with Crippen LogP contribution in [0.1, 0.15) is 38.3 Å². The van der Waals surface area contributed by atoms with Gasteiger partial charge in [-0.25, -0.2) is 5.01 Å². The van der Waals surface area contributed by atoms with Gasteiger partial charge in [0.15, 0.2) is 7.28 Å². The minimum absolute atomic E-state index is 0.0636. The molecule has 0 aliphatic rings. The molecule has 42 heavy (non-hydrogen) atoms. The molecule has 0 unspecified atom stereocenters. The quantitative estimate of drug-likeness (QED) is 0.121. The highest BCUT2D eigenvalue weighted by atomic mass is 16.5. The van der Waals surface area contributed by atoms with E-state index in [1.807, 2.05) is 93.6 Å². The minimum atomic E-state index is -0.858. The van der Waals surface area contributed by atoms with Crippen molar-refractivity contribution in [2.75, 3.05) is 13.7 Å². The first-order valence-electron chi connectivity index (χ1n) is 14.2. The molecular weight excluding hydrogens is 529 g/mol. The summed E-state index contributed by atoms with van der Waals surface area (Å²) in [7, 11) is 2.82. The van der Waals surface area contributed by atoms with Gasteiger partial charge < -0.3 is 14.6 Å². The van der Waals surface area contributed by atoms with Crippen molar-refractivity contribution < 1.29 is 24.2 Å². The summed E-state index contributed by atoms with van der Waals surface area (Å²) < 4.78 is 4.85. The molecule has 0 spiro atoms. The lowest BCUT2D eigenvalue weighted by molar-refractivity contribution is -0.148. The van der Waals surface area contributed by atoms with E-state index in [2.05, 4.69) is 10.4 Å². The Morgan fingerprint density at radius 3 is 2.31 bits per heavy atom. The van der Waals surface area contributed by atoms with Crippen LogP contribution < -0.4 is 5.43 Å². The van der Waals surface area contributed by atoms with E-state index in [1.165, 1.54) is 14.4 Å². The van der Waals surface area contributed by atoms with Crippen LogP contribution in [0.15, 0.2) is 79.0 Å². The maximum absolute atomic E-state index is 13.6. The molecule has 0 aliphatic heterocycles. The minimum Gasteiger partial charge on any atom is -0.469 e. The number of nitrogens with zero attached hydrogens (tertiary/aromatic N) is 2. The van der Waals surface area contributed by atoms with Crippen LogP contribution in [0.4, 0.5) is 0 Å². The molecule has 9 heteroatoms. The molecule has 8 nitrogen and oxygen atoms in total. The first kappa shape index (κ1) is 32.7. The van der Waals surface area contributed by atoms with Gasteiger partial charge in [0.2, 0.25) is 5.91 Å². The number of carbonyl (C=O) groups excluding carboxylic acids is 3. The molecule has 2 aromatic carbocycles. The van der Waals surface area contributed by atoms with Crippen LogP contribution in [0, 0.1) is 17.3 Å². The van der Waals surface area contributed by atoms with E-state index >= 15 is 0 Å². The van der Waals surface area contributed by atoms with Crippen LogP contribution in [0.25, 0.3) is 11.3 Å². The van der Waals surface area contributed by atoms with Gasteiger partial charge in [-0.2, -0.15) is 0 Å². The molecule has 2 N–H and O–H groups in total. The Morgan fingerprint density at radius 1 is 1.02 bits per heavy atom. The fraction of sp³-hybridized carbons (Fsp3) is 0.394. The number of pyridine rings is 1.